The average molecular weight is 261 g/mol. The monoisotopic (exact) mass is 261 g/mol. The van der Waals surface area contributed by atoms with Crippen molar-refractivity contribution in [3.8, 4) is 0 Å². The van der Waals surface area contributed by atoms with Crippen LogP contribution in [-0.4, -0.2) is 13.1 Å². The molecule has 0 bridgehead atoms. The fraction of sp³-hybridized carbons (Fsp3) is 0.667. The minimum Gasteiger partial charge on any atom is -0.317 e. The Morgan fingerprint density at radius 3 is 2.11 bits per heavy atom. The number of likely N-dealkylation sites (N-methyl/N-ethyl adjacent to an activating group) is 1. The molecule has 0 aliphatic heterocycles. The zero-order valence-electron chi connectivity index (χ0n) is 13.0. The third-order valence-corrected chi connectivity index (χ3v) is 3.88. The summed E-state index contributed by atoms with van der Waals surface area (Å²) in [5.74, 6) is 0. The lowest BCUT2D eigenvalue weighted by Crippen LogP contribution is -2.23. The second kappa shape index (κ2) is 10.0. The van der Waals surface area contributed by atoms with Crippen molar-refractivity contribution in [3.63, 3.8) is 0 Å². The topological polar surface area (TPSA) is 12.0 Å². The lowest BCUT2D eigenvalue weighted by molar-refractivity contribution is 0.605. The Morgan fingerprint density at radius 2 is 1.47 bits per heavy atom. The molecule has 0 amide bonds. The molecular formula is C18H31N. The van der Waals surface area contributed by atoms with Crippen LogP contribution in [0.4, 0.5) is 0 Å². The summed E-state index contributed by atoms with van der Waals surface area (Å²) in [4.78, 5) is 0. The summed E-state index contributed by atoms with van der Waals surface area (Å²) in [5, 5.41) is 3.29. The lowest BCUT2D eigenvalue weighted by atomic mass is 10.0. The minimum absolute atomic E-state index is 0.560. The van der Waals surface area contributed by atoms with Gasteiger partial charge < -0.3 is 5.32 Å². The first kappa shape index (κ1) is 16.2. The molecular weight excluding hydrogens is 230 g/mol. The highest BCUT2D eigenvalue weighted by Crippen LogP contribution is 2.12. The summed E-state index contributed by atoms with van der Waals surface area (Å²) in [6.45, 7) is 4.50. The zero-order valence-corrected chi connectivity index (χ0v) is 13.0. The van der Waals surface area contributed by atoms with Crippen LogP contribution in [0.2, 0.25) is 0 Å². The minimum atomic E-state index is 0.560. The van der Waals surface area contributed by atoms with E-state index in [0.717, 1.165) is 6.42 Å². The first-order valence-corrected chi connectivity index (χ1v) is 8.01. The van der Waals surface area contributed by atoms with Gasteiger partial charge in [0.05, 0.1) is 0 Å². The van der Waals surface area contributed by atoms with Crippen LogP contribution >= 0.6 is 0 Å². The summed E-state index contributed by atoms with van der Waals surface area (Å²) < 4.78 is 0. The van der Waals surface area contributed by atoms with E-state index in [2.05, 4.69) is 43.4 Å². The highest BCUT2D eigenvalue weighted by Gasteiger charge is 2.00. The molecule has 1 N–H and O–H groups in total. The quantitative estimate of drug-likeness (QED) is 0.600. The molecule has 1 atom stereocenters. The molecule has 0 heterocycles. The van der Waals surface area contributed by atoms with Gasteiger partial charge in [-0.15, -0.1) is 0 Å². The van der Waals surface area contributed by atoms with Gasteiger partial charge in [-0.05, 0) is 44.4 Å². The molecule has 1 aromatic rings. The average Bonchev–Trinajstić information content (AvgIpc) is 2.44. The Balaban J connectivity index is 2.21. The van der Waals surface area contributed by atoms with E-state index in [1.54, 1.807) is 0 Å². The first-order valence-electron chi connectivity index (χ1n) is 8.01. The molecule has 0 aliphatic carbocycles. The van der Waals surface area contributed by atoms with E-state index in [9.17, 15) is 0 Å². The fourth-order valence-electron chi connectivity index (χ4n) is 2.41. The van der Waals surface area contributed by atoms with Gasteiger partial charge in [0, 0.05) is 6.04 Å². The SMILES string of the molecule is CCCCCCCCc1ccc(CC(C)NC)cc1. The predicted octanol–water partition coefficient (Wildman–Crippen LogP) is 4.74. The third kappa shape index (κ3) is 7.37. The highest BCUT2D eigenvalue weighted by atomic mass is 14.8. The predicted molar refractivity (Wildman–Crippen MR) is 85.7 cm³/mol. The molecule has 0 aromatic heterocycles. The normalized spacial score (nSPS) is 12.6. The second-order valence-electron chi connectivity index (χ2n) is 5.73. The Labute approximate surface area is 119 Å². The maximum atomic E-state index is 3.29. The zero-order chi connectivity index (χ0) is 13.9. The molecule has 1 heteroatoms. The van der Waals surface area contributed by atoms with E-state index in [1.165, 1.54) is 56.1 Å². The fourth-order valence-corrected chi connectivity index (χ4v) is 2.41. The molecule has 0 radical (unpaired) electrons. The van der Waals surface area contributed by atoms with Gasteiger partial charge in [-0.2, -0.15) is 0 Å². The van der Waals surface area contributed by atoms with E-state index in [0.29, 0.717) is 6.04 Å². The van der Waals surface area contributed by atoms with Crippen molar-refractivity contribution < 1.29 is 0 Å². The van der Waals surface area contributed by atoms with Crippen molar-refractivity contribution in [1.29, 1.82) is 0 Å². The molecule has 0 saturated heterocycles. The molecule has 19 heavy (non-hydrogen) atoms. The number of hydrogen-bond acceptors (Lipinski definition) is 1. The third-order valence-electron chi connectivity index (χ3n) is 3.88. The van der Waals surface area contributed by atoms with E-state index in [-0.39, 0.29) is 0 Å². The van der Waals surface area contributed by atoms with E-state index >= 15 is 0 Å². The Morgan fingerprint density at radius 1 is 0.895 bits per heavy atom. The van der Waals surface area contributed by atoms with Gasteiger partial charge in [0.25, 0.3) is 0 Å². The molecule has 108 valence electrons. The number of hydrogen-bond donors (Lipinski definition) is 1. The lowest BCUT2D eigenvalue weighted by Gasteiger charge is -2.10. The van der Waals surface area contributed by atoms with Crippen LogP contribution in [0.15, 0.2) is 24.3 Å². The number of benzene rings is 1. The largest absolute Gasteiger partial charge is 0.317 e. The number of unbranched alkanes of at least 4 members (excludes halogenated alkanes) is 5. The van der Waals surface area contributed by atoms with Gasteiger partial charge in [0.2, 0.25) is 0 Å². The van der Waals surface area contributed by atoms with Crippen molar-refractivity contribution in [3.05, 3.63) is 35.4 Å². The number of nitrogens with one attached hydrogen (secondary N) is 1. The maximum Gasteiger partial charge on any atom is 0.00761 e. The van der Waals surface area contributed by atoms with Crippen molar-refractivity contribution in [1.82, 2.24) is 5.32 Å². The van der Waals surface area contributed by atoms with Crippen molar-refractivity contribution >= 4 is 0 Å². The summed E-state index contributed by atoms with van der Waals surface area (Å²) in [7, 11) is 2.03. The molecule has 0 spiro atoms. The van der Waals surface area contributed by atoms with Gasteiger partial charge in [0.1, 0.15) is 0 Å². The standard InChI is InChI=1S/C18H31N/c1-4-5-6-7-8-9-10-17-11-13-18(14-12-17)15-16(2)19-3/h11-14,16,19H,4-10,15H2,1-3H3. The number of rotatable bonds is 10. The van der Waals surface area contributed by atoms with Crippen LogP contribution in [0.5, 0.6) is 0 Å². The Bertz CT molecular complexity index is 315. The summed E-state index contributed by atoms with van der Waals surface area (Å²) in [6, 6.07) is 9.76. The van der Waals surface area contributed by atoms with Gasteiger partial charge in [-0.1, -0.05) is 63.3 Å². The second-order valence-corrected chi connectivity index (χ2v) is 5.73. The van der Waals surface area contributed by atoms with Gasteiger partial charge in [0.15, 0.2) is 0 Å². The van der Waals surface area contributed by atoms with Crippen LogP contribution in [0, 0.1) is 0 Å². The van der Waals surface area contributed by atoms with Crippen LogP contribution in [-0.2, 0) is 12.8 Å². The molecule has 1 nitrogen and oxygen atoms in total. The molecule has 1 unspecified atom stereocenters. The van der Waals surface area contributed by atoms with Gasteiger partial charge in [-0.25, -0.2) is 0 Å². The highest BCUT2D eigenvalue weighted by molar-refractivity contribution is 5.23. The molecule has 1 rings (SSSR count). The molecule has 0 fully saturated rings. The summed E-state index contributed by atoms with van der Waals surface area (Å²) >= 11 is 0. The van der Waals surface area contributed by atoms with Gasteiger partial charge in [-0.3, -0.25) is 0 Å². The molecule has 0 saturated carbocycles. The van der Waals surface area contributed by atoms with Crippen LogP contribution in [0.25, 0.3) is 0 Å². The van der Waals surface area contributed by atoms with E-state index < -0.39 is 0 Å². The van der Waals surface area contributed by atoms with E-state index in [1.807, 2.05) is 7.05 Å². The van der Waals surface area contributed by atoms with Crippen molar-refractivity contribution in [2.45, 2.75) is 71.3 Å². The molecule has 1 aromatic carbocycles. The Hall–Kier alpha value is -0.820. The first-order chi connectivity index (χ1) is 9.26. The van der Waals surface area contributed by atoms with E-state index in [4.69, 9.17) is 0 Å². The van der Waals surface area contributed by atoms with Gasteiger partial charge >= 0.3 is 0 Å². The maximum absolute atomic E-state index is 3.29. The van der Waals surface area contributed by atoms with Crippen LogP contribution in [0.3, 0.4) is 0 Å². The summed E-state index contributed by atoms with van der Waals surface area (Å²) in [5.41, 5.74) is 2.94. The molecule has 0 aliphatic rings. The number of aryl methyl sites for hydroxylation is 1. The van der Waals surface area contributed by atoms with Crippen molar-refractivity contribution in [2.75, 3.05) is 7.05 Å². The summed E-state index contributed by atoms with van der Waals surface area (Å²) in [6.07, 6.45) is 10.7. The van der Waals surface area contributed by atoms with Crippen molar-refractivity contribution in [2.24, 2.45) is 0 Å². The smallest absolute Gasteiger partial charge is 0.00761 e. The van der Waals surface area contributed by atoms with Crippen LogP contribution in [0.1, 0.15) is 63.5 Å². The van der Waals surface area contributed by atoms with Crippen LogP contribution < -0.4 is 5.32 Å². The Kier molecular flexibility index (Phi) is 8.57.